The van der Waals surface area contributed by atoms with Gasteiger partial charge in [0.15, 0.2) is 6.61 Å². The van der Waals surface area contributed by atoms with Crippen LogP contribution in [-0.4, -0.2) is 12.6 Å². The van der Waals surface area contributed by atoms with Crippen LogP contribution >= 0.6 is 21.5 Å². The quantitative estimate of drug-likeness (QED) is 0.355. The van der Waals surface area contributed by atoms with Crippen LogP contribution in [0, 0.1) is 0 Å². The molecule has 0 unspecified atom stereocenters. The van der Waals surface area contributed by atoms with Crippen molar-refractivity contribution in [1.82, 2.24) is 4.89 Å². The zero-order valence-corrected chi connectivity index (χ0v) is 6.02. The number of thiol groups is 1. The molecular formula is C2H4NO4PS. The van der Waals surface area contributed by atoms with Crippen molar-refractivity contribution in [2.45, 2.75) is 0 Å². The molecule has 0 aliphatic rings. The number of rotatable bonds is 4. The molecule has 0 aliphatic heterocycles. The zero-order valence-electron chi connectivity index (χ0n) is 4.23. The topological polar surface area (TPSA) is 64.6 Å². The van der Waals surface area contributed by atoms with Gasteiger partial charge in [0, 0.05) is 0 Å². The summed E-state index contributed by atoms with van der Waals surface area (Å²) in [6.07, 6.45) is 0. The van der Waals surface area contributed by atoms with Crippen LogP contribution in [0.3, 0.4) is 0 Å². The molecule has 0 heterocycles. The van der Waals surface area contributed by atoms with Crippen molar-refractivity contribution in [3.8, 4) is 0 Å². The highest BCUT2D eigenvalue weighted by Crippen LogP contribution is 1.92. The maximum Gasteiger partial charge on any atom is 0.352 e. The van der Waals surface area contributed by atoms with Gasteiger partial charge in [-0.3, -0.25) is 4.52 Å². The standard InChI is InChI=1S/C2H4NO4PS/c4-2(7-3-9)1-6-8-5/h3,9H,1H2. The third-order valence-electron chi connectivity index (χ3n) is 0.395. The van der Waals surface area contributed by atoms with E-state index in [0.29, 0.717) is 0 Å². The lowest BCUT2D eigenvalue weighted by atomic mass is 10.8. The number of hydrogen-bond donors (Lipinski definition) is 2. The Kier molecular flexibility index (Phi) is 5.86. The molecule has 0 amide bonds. The Bertz CT molecular complexity index is 109. The monoisotopic (exact) mass is 169 g/mol. The summed E-state index contributed by atoms with van der Waals surface area (Å²) >= 11 is 3.35. The minimum Gasteiger partial charge on any atom is -0.358 e. The van der Waals surface area contributed by atoms with Gasteiger partial charge in [0.05, 0.1) is 0 Å². The Morgan fingerprint density at radius 3 is 2.89 bits per heavy atom. The van der Waals surface area contributed by atoms with Gasteiger partial charge in [-0.1, -0.05) is 17.7 Å². The molecule has 52 valence electrons. The van der Waals surface area contributed by atoms with E-state index in [1.54, 1.807) is 0 Å². The lowest BCUT2D eigenvalue weighted by molar-refractivity contribution is -0.148. The molecule has 0 aromatic heterocycles. The predicted molar refractivity (Wildman–Crippen MR) is 31.8 cm³/mol. The van der Waals surface area contributed by atoms with E-state index in [-0.39, 0.29) is 6.61 Å². The highest BCUT2D eigenvalue weighted by Gasteiger charge is 1.99. The minimum atomic E-state index is -0.687. The lowest BCUT2D eigenvalue weighted by Gasteiger charge is -1.95. The number of hydrogen-bond acceptors (Lipinski definition) is 6. The van der Waals surface area contributed by atoms with E-state index in [1.165, 1.54) is 0 Å². The van der Waals surface area contributed by atoms with Crippen molar-refractivity contribution >= 4 is 27.5 Å². The maximum atomic E-state index is 10.2. The Morgan fingerprint density at radius 2 is 2.44 bits per heavy atom. The molecule has 0 saturated carbocycles. The summed E-state index contributed by atoms with van der Waals surface area (Å²) in [7, 11) is -0.548. The Morgan fingerprint density at radius 1 is 1.78 bits per heavy atom. The average molecular weight is 169 g/mol. The van der Waals surface area contributed by atoms with Gasteiger partial charge in [-0.15, -0.1) is 0 Å². The first-order chi connectivity index (χ1) is 4.31. The molecule has 0 rings (SSSR count). The van der Waals surface area contributed by atoms with Crippen LogP contribution in [0.2, 0.25) is 0 Å². The second-order valence-corrected chi connectivity index (χ2v) is 1.50. The fraction of sp³-hybridized carbons (Fsp3) is 0.500. The molecule has 0 spiro atoms. The van der Waals surface area contributed by atoms with Gasteiger partial charge >= 0.3 is 14.7 Å². The fourth-order valence-corrected chi connectivity index (χ4v) is 0.419. The highest BCUT2D eigenvalue weighted by atomic mass is 32.1. The van der Waals surface area contributed by atoms with E-state index in [2.05, 4.69) is 22.2 Å². The van der Waals surface area contributed by atoms with Crippen LogP contribution in [-0.2, 0) is 18.7 Å². The van der Waals surface area contributed by atoms with Crippen molar-refractivity contribution in [3.05, 3.63) is 0 Å². The first-order valence-electron chi connectivity index (χ1n) is 1.84. The van der Waals surface area contributed by atoms with Crippen molar-refractivity contribution < 1.29 is 18.7 Å². The minimum absolute atomic E-state index is 0.362. The summed E-state index contributed by atoms with van der Waals surface area (Å²) in [5, 5.41) is 0. The summed E-state index contributed by atoms with van der Waals surface area (Å²) < 4.78 is 13.7. The average Bonchev–Trinajstić information content (AvgIpc) is 1.85. The van der Waals surface area contributed by atoms with E-state index in [4.69, 9.17) is 0 Å². The van der Waals surface area contributed by atoms with Crippen molar-refractivity contribution in [3.63, 3.8) is 0 Å². The van der Waals surface area contributed by atoms with Crippen LogP contribution in [0.5, 0.6) is 0 Å². The van der Waals surface area contributed by atoms with E-state index >= 15 is 0 Å². The van der Waals surface area contributed by atoms with Gasteiger partial charge in [-0.05, 0) is 0 Å². The second-order valence-electron chi connectivity index (χ2n) is 0.913. The Labute approximate surface area is 58.5 Å². The number of carbonyl (C=O) groups excluding carboxylic acids is 1. The summed E-state index contributed by atoms with van der Waals surface area (Å²) in [5.41, 5.74) is 0. The third-order valence-corrected chi connectivity index (χ3v) is 0.720. The molecule has 0 fully saturated rings. The third kappa shape index (κ3) is 5.72. The largest absolute Gasteiger partial charge is 0.358 e. The highest BCUT2D eigenvalue weighted by molar-refractivity contribution is 7.77. The van der Waals surface area contributed by atoms with E-state index in [9.17, 15) is 9.36 Å². The molecule has 5 nitrogen and oxygen atoms in total. The van der Waals surface area contributed by atoms with Crippen molar-refractivity contribution in [1.29, 1.82) is 0 Å². The summed E-state index contributed by atoms with van der Waals surface area (Å²) in [4.78, 5) is 16.1. The van der Waals surface area contributed by atoms with Gasteiger partial charge in [-0.25, -0.2) is 9.36 Å². The number of carbonyl (C=O) groups is 1. The lowest BCUT2D eigenvalue weighted by Crippen LogP contribution is -2.14. The van der Waals surface area contributed by atoms with Crippen LogP contribution in [0.15, 0.2) is 0 Å². The van der Waals surface area contributed by atoms with Crippen LogP contribution < -0.4 is 4.89 Å². The summed E-state index contributed by atoms with van der Waals surface area (Å²) in [6.45, 7) is -0.362. The van der Waals surface area contributed by atoms with Gasteiger partial charge in [0.1, 0.15) is 0 Å². The van der Waals surface area contributed by atoms with Crippen molar-refractivity contribution in [2.75, 3.05) is 6.61 Å². The maximum absolute atomic E-state index is 10.2. The zero-order chi connectivity index (χ0) is 7.11. The van der Waals surface area contributed by atoms with Gasteiger partial charge in [0.2, 0.25) is 0 Å². The first-order valence-corrected chi connectivity index (χ1v) is 3.02. The van der Waals surface area contributed by atoms with E-state index in [1.807, 2.05) is 4.89 Å². The molecular weight excluding hydrogens is 165 g/mol. The molecule has 0 bridgehead atoms. The van der Waals surface area contributed by atoms with E-state index < -0.39 is 14.7 Å². The molecule has 1 N–H and O–H groups in total. The molecule has 0 aromatic carbocycles. The first kappa shape index (κ1) is 8.84. The molecule has 0 radical (unpaired) electrons. The molecule has 9 heavy (non-hydrogen) atoms. The molecule has 0 aliphatic carbocycles. The summed E-state index contributed by atoms with van der Waals surface area (Å²) in [5.74, 6) is -0.687. The Balaban J connectivity index is 3.16. The van der Waals surface area contributed by atoms with Crippen molar-refractivity contribution in [2.24, 2.45) is 0 Å². The SMILES string of the molecule is O=POCC(=O)ONS. The molecule has 0 saturated heterocycles. The van der Waals surface area contributed by atoms with Crippen LogP contribution in [0.1, 0.15) is 0 Å². The summed E-state index contributed by atoms with van der Waals surface area (Å²) in [6, 6.07) is 0. The molecule has 0 atom stereocenters. The smallest absolute Gasteiger partial charge is 0.352 e. The van der Waals surface area contributed by atoms with Gasteiger partial charge < -0.3 is 4.84 Å². The fourth-order valence-electron chi connectivity index (χ4n) is 0.159. The normalized spacial score (nSPS) is 9.44. The number of nitrogens with one attached hydrogen (secondary N) is 1. The van der Waals surface area contributed by atoms with Crippen LogP contribution in [0.4, 0.5) is 0 Å². The van der Waals surface area contributed by atoms with Crippen LogP contribution in [0.25, 0.3) is 0 Å². The van der Waals surface area contributed by atoms with Gasteiger partial charge in [-0.2, -0.15) is 0 Å². The Hall–Kier alpha value is -0.160. The second kappa shape index (κ2) is 5.97. The molecule has 0 aromatic rings. The molecule has 7 heteroatoms. The predicted octanol–water partition coefficient (Wildman–Crippen LogP) is 0.102. The van der Waals surface area contributed by atoms with E-state index in [0.717, 1.165) is 0 Å². The van der Waals surface area contributed by atoms with Gasteiger partial charge in [0.25, 0.3) is 0 Å².